The SMILES string of the molecule is COCc1cccc(NC(=O)NCc2ccc(Cn3cccn3)cc2)c1. The molecular weight excluding hydrogens is 328 g/mol. The zero-order valence-corrected chi connectivity index (χ0v) is 14.7. The van der Waals surface area contributed by atoms with E-state index in [0.29, 0.717) is 13.2 Å². The fraction of sp³-hybridized carbons (Fsp3) is 0.200. The Morgan fingerprint density at radius 1 is 1.08 bits per heavy atom. The van der Waals surface area contributed by atoms with Gasteiger partial charge in [0.2, 0.25) is 0 Å². The van der Waals surface area contributed by atoms with E-state index in [1.807, 2.05) is 65.5 Å². The predicted molar refractivity (Wildman–Crippen MR) is 101 cm³/mol. The Hall–Kier alpha value is -3.12. The van der Waals surface area contributed by atoms with Crippen LogP contribution in [0.4, 0.5) is 10.5 Å². The van der Waals surface area contributed by atoms with Crippen LogP contribution in [0.2, 0.25) is 0 Å². The molecule has 0 aliphatic heterocycles. The molecule has 2 N–H and O–H groups in total. The molecule has 0 radical (unpaired) electrons. The van der Waals surface area contributed by atoms with Gasteiger partial charge in [-0.2, -0.15) is 5.10 Å². The monoisotopic (exact) mass is 350 g/mol. The molecule has 3 rings (SSSR count). The van der Waals surface area contributed by atoms with Gasteiger partial charge in [-0.3, -0.25) is 4.68 Å². The Morgan fingerprint density at radius 2 is 1.88 bits per heavy atom. The van der Waals surface area contributed by atoms with Gasteiger partial charge in [-0.05, 0) is 34.9 Å². The number of hydrogen-bond acceptors (Lipinski definition) is 3. The first-order chi connectivity index (χ1) is 12.7. The van der Waals surface area contributed by atoms with Crippen LogP contribution in [-0.2, 0) is 24.4 Å². The molecule has 1 aromatic heterocycles. The third-order valence-electron chi connectivity index (χ3n) is 3.88. The lowest BCUT2D eigenvalue weighted by molar-refractivity contribution is 0.185. The normalized spacial score (nSPS) is 10.5. The van der Waals surface area contributed by atoms with E-state index in [0.717, 1.165) is 28.9 Å². The second kappa shape index (κ2) is 8.82. The first-order valence-corrected chi connectivity index (χ1v) is 8.41. The smallest absolute Gasteiger partial charge is 0.319 e. The molecule has 26 heavy (non-hydrogen) atoms. The van der Waals surface area contributed by atoms with Crippen molar-refractivity contribution in [1.29, 1.82) is 0 Å². The summed E-state index contributed by atoms with van der Waals surface area (Å²) >= 11 is 0. The third-order valence-corrected chi connectivity index (χ3v) is 3.88. The largest absolute Gasteiger partial charge is 0.380 e. The maximum atomic E-state index is 12.1. The van der Waals surface area contributed by atoms with Gasteiger partial charge in [-0.25, -0.2) is 4.79 Å². The molecule has 0 atom stereocenters. The Kier molecular flexibility index (Phi) is 6.01. The lowest BCUT2D eigenvalue weighted by Crippen LogP contribution is -2.28. The topological polar surface area (TPSA) is 68.2 Å². The molecule has 0 unspecified atom stereocenters. The lowest BCUT2D eigenvalue weighted by Gasteiger charge is -2.09. The average Bonchev–Trinajstić information content (AvgIpc) is 3.15. The van der Waals surface area contributed by atoms with E-state index in [9.17, 15) is 4.79 Å². The van der Waals surface area contributed by atoms with Crippen molar-refractivity contribution >= 4 is 11.7 Å². The molecule has 0 aliphatic rings. The highest BCUT2D eigenvalue weighted by Gasteiger charge is 2.03. The molecule has 6 heteroatoms. The summed E-state index contributed by atoms with van der Waals surface area (Å²) < 4.78 is 6.98. The third kappa shape index (κ3) is 5.19. The van der Waals surface area contributed by atoms with E-state index < -0.39 is 0 Å². The highest BCUT2D eigenvalue weighted by atomic mass is 16.5. The summed E-state index contributed by atoms with van der Waals surface area (Å²) in [6.07, 6.45) is 3.70. The number of nitrogens with one attached hydrogen (secondary N) is 2. The molecule has 3 aromatic rings. The standard InChI is InChI=1S/C20H22N4O2/c1-26-15-18-4-2-5-19(12-18)23-20(25)21-13-16-6-8-17(9-7-16)14-24-11-3-10-22-24/h2-12H,13-15H2,1H3,(H2,21,23,25). The van der Waals surface area contributed by atoms with Gasteiger partial charge >= 0.3 is 6.03 Å². The molecule has 2 amide bonds. The van der Waals surface area contributed by atoms with Crippen LogP contribution in [0.3, 0.4) is 0 Å². The highest BCUT2D eigenvalue weighted by molar-refractivity contribution is 5.89. The van der Waals surface area contributed by atoms with Crippen LogP contribution >= 0.6 is 0 Å². The second-order valence-corrected chi connectivity index (χ2v) is 5.96. The maximum absolute atomic E-state index is 12.1. The maximum Gasteiger partial charge on any atom is 0.319 e. The molecule has 0 fully saturated rings. The van der Waals surface area contributed by atoms with E-state index >= 15 is 0 Å². The molecule has 0 bridgehead atoms. The fourth-order valence-electron chi connectivity index (χ4n) is 2.61. The van der Waals surface area contributed by atoms with E-state index in [1.165, 1.54) is 0 Å². The van der Waals surface area contributed by atoms with Crippen LogP contribution in [0, 0.1) is 0 Å². The molecule has 0 aliphatic carbocycles. The zero-order valence-electron chi connectivity index (χ0n) is 14.7. The molecular formula is C20H22N4O2. The van der Waals surface area contributed by atoms with Crippen LogP contribution in [0.1, 0.15) is 16.7 Å². The number of hydrogen-bond donors (Lipinski definition) is 2. The Labute approximate surface area is 152 Å². The number of urea groups is 1. The van der Waals surface area contributed by atoms with Gasteiger partial charge in [0.05, 0.1) is 13.2 Å². The molecule has 0 saturated carbocycles. The number of carbonyl (C=O) groups excluding carboxylic acids is 1. The quantitative estimate of drug-likeness (QED) is 0.686. The number of methoxy groups -OCH3 is 1. The number of amides is 2. The number of nitrogens with zero attached hydrogens (tertiary/aromatic N) is 2. The number of carbonyl (C=O) groups is 1. The second-order valence-electron chi connectivity index (χ2n) is 5.96. The molecule has 6 nitrogen and oxygen atoms in total. The minimum atomic E-state index is -0.236. The van der Waals surface area contributed by atoms with Crippen molar-refractivity contribution in [1.82, 2.24) is 15.1 Å². The minimum Gasteiger partial charge on any atom is -0.380 e. The van der Waals surface area contributed by atoms with Crippen molar-refractivity contribution in [3.63, 3.8) is 0 Å². The van der Waals surface area contributed by atoms with Gasteiger partial charge in [-0.1, -0.05) is 36.4 Å². The number of ether oxygens (including phenoxy) is 1. The summed E-state index contributed by atoms with van der Waals surface area (Å²) in [5.41, 5.74) is 3.96. The molecule has 0 spiro atoms. The summed E-state index contributed by atoms with van der Waals surface area (Å²) in [4.78, 5) is 12.1. The molecule has 1 heterocycles. The summed E-state index contributed by atoms with van der Waals surface area (Å²) in [7, 11) is 1.65. The molecule has 2 aromatic carbocycles. The van der Waals surface area contributed by atoms with Gasteiger partial charge in [0.1, 0.15) is 0 Å². The predicted octanol–water partition coefficient (Wildman–Crippen LogP) is 3.40. The van der Waals surface area contributed by atoms with Gasteiger partial charge < -0.3 is 15.4 Å². The summed E-state index contributed by atoms with van der Waals surface area (Å²) in [6.45, 7) is 1.71. The minimum absolute atomic E-state index is 0.236. The zero-order chi connectivity index (χ0) is 18.2. The van der Waals surface area contributed by atoms with Crippen molar-refractivity contribution < 1.29 is 9.53 Å². The summed E-state index contributed by atoms with van der Waals surface area (Å²) in [6, 6.07) is 17.4. The van der Waals surface area contributed by atoms with Gasteiger partial charge in [-0.15, -0.1) is 0 Å². The van der Waals surface area contributed by atoms with Crippen molar-refractivity contribution in [2.75, 3.05) is 12.4 Å². The first-order valence-electron chi connectivity index (χ1n) is 8.41. The Balaban J connectivity index is 1.49. The Morgan fingerprint density at radius 3 is 2.62 bits per heavy atom. The first kappa shape index (κ1) is 17.7. The van der Waals surface area contributed by atoms with Gasteiger partial charge in [0.25, 0.3) is 0 Å². The van der Waals surface area contributed by atoms with E-state index in [2.05, 4.69) is 15.7 Å². The van der Waals surface area contributed by atoms with Crippen molar-refractivity contribution in [3.8, 4) is 0 Å². The van der Waals surface area contributed by atoms with Crippen LogP contribution in [0.25, 0.3) is 0 Å². The van der Waals surface area contributed by atoms with E-state index in [-0.39, 0.29) is 6.03 Å². The average molecular weight is 350 g/mol. The van der Waals surface area contributed by atoms with Gasteiger partial charge in [0, 0.05) is 31.7 Å². The van der Waals surface area contributed by atoms with Crippen molar-refractivity contribution in [2.24, 2.45) is 0 Å². The Bertz CT molecular complexity index is 829. The van der Waals surface area contributed by atoms with E-state index in [4.69, 9.17) is 4.74 Å². The number of aromatic nitrogens is 2. The molecule has 134 valence electrons. The summed E-state index contributed by atoms with van der Waals surface area (Å²) in [5.74, 6) is 0. The fourth-order valence-corrected chi connectivity index (χ4v) is 2.61. The number of benzene rings is 2. The van der Waals surface area contributed by atoms with Crippen LogP contribution in [0.15, 0.2) is 67.0 Å². The van der Waals surface area contributed by atoms with Crippen LogP contribution in [0.5, 0.6) is 0 Å². The summed E-state index contributed by atoms with van der Waals surface area (Å²) in [5, 5.41) is 9.89. The number of rotatable bonds is 7. The highest BCUT2D eigenvalue weighted by Crippen LogP contribution is 2.11. The molecule has 0 saturated heterocycles. The van der Waals surface area contributed by atoms with Gasteiger partial charge in [0.15, 0.2) is 0 Å². The lowest BCUT2D eigenvalue weighted by atomic mass is 10.1. The van der Waals surface area contributed by atoms with E-state index in [1.54, 1.807) is 13.3 Å². The van der Waals surface area contributed by atoms with Crippen LogP contribution in [-0.4, -0.2) is 22.9 Å². The van der Waals surface area contributed by atoms with Crippen LogP contribution < -0.4 is 10.6 Å². The van der Waals surface area contributed by atoms with Crippen molar-refractivity contribution in [2.45, 2.75) is 19.7 Å². The number of anilines is 1. The van der Waals surface area contributed by atoms with Crippen molar-refractivity contribution in [3.05, 3.63) is 83.7 Å².